The third-order valence-corrected chi connectivity index (χ3v) is 7.78. The Balaban J connectivity index is 1.65. The van der Waals surface area contributed by atoms with Gasteiger partial charge in [0.1, 0.15) is 5.82 Å². The highest BCUT2D eigenvalue weighted by Crippen LogP contribution is 2.34. The predicted octanol–water partition coefficient (Wildman–Crippen LogP) is 6.00. The Morgan fingerprint density at radius 2 is 1.96 bits per heavy atom. The molecule has 0 unspecified atom stereocenters. The topological polar surface area (TPSA) is 59.0 Å². The Labute approximate surface area is 179 Å². The standard InChI is InChI=1S/C18H19FN4OS4/c1-3-4-9-25-17-21-22-18(28-17)27-11-13-10-26-16(20-13)23(12(2)24)15-8-6-5-7-14(15)19/h5-8,10H,3-4,9,11H2,1-2H3. The number of unbranched alkanes of at least 4 members (excludes halogenated alkanes) is 1. The van der Waals surface area contributed by atoms with Crippen molar-refractivity contribution in [2.75, 3.05) is 10.7 Å². The molecule has 3 aromatic rings. The number of aromatic nitrogens is 3. The van der Waals surface area contributed by atoms with E-state index in [9.17, 15) is 9.18 Å². The molecule has 2 heterocycles. The van der Waals surface area contributed by atoms with E-state index < -0.39 is 5.82 Å². The summed E-state index contributed by atoms with van der Waals surface area (Å²) >= 11 is 6.21. The van der Waals surface area contributed by atoms with Gasteiger partial charge in [0.2, 0.25) is 5.91 Å². The average Bonchev–Trinajstić information content (AvgIpc) is 3.31. The van der Waals surface area contributed by atoms with Gasteiger partial charge in [-0.25, -0.2) is 9.37 Å². The lowest BCUT2D eigenvalue weighted by Crippen LogP contribution is -2.23. The summed E-state index contributed by atoms with van der Waals surface area (Å²) in [5.74, 6) is 0.943. The fourth-order valence-corrected chi connectivity index (χ4v) is 6.31. The molecule has 0 fully saturated rings. The van der Waals surface area contributed by atoms with Gasteiger partial charge >= 0.3 is 0 Å². The van der Waals surface area contributed by atoms with Gasteiger partial charge in [-0.05, 0) is 18.6 Å². The maximum absolute atomic E-state index is 14.1. The Morgan fingerprint density at radius 3 is 2.68 bits per heavy atom. The largest absolute Gasteiger partial charge is 0.274 e. The molecule has 3 rings (SSSR count). The summed E-state index contributed by atoms with van der Waals surface area (Å²) in [5.41, 5.74) is 1.03. The van der Waals surface area contributed by atoms with E-state index in [2.05, 4.69) is 22.1 Å². The molecule has 2 aromatic heterocycles. The zero-order valence-corrected chi connectivity index (χ0v) is 18.7. The average molecular weight is 455 g/mol. The molecule has 0 bridgehead atoms. The second-order valence-electron chi connectivity index (χ2n) is 5.75. The van der Waals surface area contributed by atoms with Gasteiger partial charge in [-0.15, -0.1) is 21.5 Å². The number of nitrogens with zero attached hydrogens (tertiary/aromatic N) is 4. The van der Waals surface area contributed by atoms with Gasteiger partial charge in [-0.2, -0.15) is 0 Å². The molecule has 0 saturated heterocycles. The number of thiazole rings is 1. The van der Waals surface area contributed by atoms with Crippen LogP contribution in [0.5, 0.6) is 0 Å². The number of benzene rings is 1. The number of anilines is 2. The minimum Gasteiger partial charge on any atom is -0.274 e. The number of halogens is 1. The minimum absolute atomic E-state index is 0.210. The summed E-state index contributed by atoms with van der Waals surface area (Å²) in [7, 11) is 0. The van der Waals surface area contributed by atoms with Crippen molar-refractivity contribution < 1.29 is 9.18 Å². The molecule has 0 aliphatic carbocycles. The molecule has 148 valence electrons. The van der Waals surface area contributed by atoms with Crippen molar-refractivity contribution in [1.82, 2.24) is 15.2 Å². The van der Waals surface area contributed by atoms with Gasteiger partial charge in [-0.3, -0.25) is 9.69 Å². The molecule has 1 aromatic carbocycles. The van der Waals surface area contributed by atoms with E-state index in [-0.39, 0.29) is 11.6 Å². The Morgan fingerprint density at radius 1 is 1.21 bits per heavy atom. The maximum atomic E-state index is 14.1. The van der Waals surface area contributed by atoms with E-state index in [4.69, 9.17) is 0 Å². The van der Waals surface area contributed by atoms with Crippen LogP contribution in [0.15, 0.2) is 38.3 Å². The van der Waals surface area contributed by atoms with Gasteiger partial charge < -0.3 is 0 Å². The van der Waals surface area contributed by atoms with Crippen LogP contribution in [0.1, 0.15) is 32.4 Å². The van der Waals surface area contributed by atoms with Crippen molar-refractivity contribution in [3.05, 3.63) is 41.2 Å². The number of hydrogen-bond acceptors (Lipinski definition) is 8. The zero-order chi connectivity index (χ0) is 19.9. The normalized spacial score (nSPS) is 11.0. The highest BCUT2D eigenvalue weighted by molar-refractivity contribution is 8.02. The lowest BCUT2D eigenvalue weighted by atomic mass is 10.3. The van der Waals surface area contributed by atoms with Crippen LogP contribution in [-0.4, -0.2) is 26.8 Å². The summed E-state index contributed by atoms with van der Waals surface area (Å²) in [6.07, 6.45) is 2.34. The number of thioether (sulfide) groups is 2. The van der Waals surface area contributed by atoms with Gasteiger partial charge in [0.15, 0.2) is 13.8 Å². The lowest BCUT2D eigenvalue weighted by Gasteiger charge is -2.18. The summed E-state index contributed by atoms with van der Waals surface area (Å²) in [5, 5.41) is 10.8. The highest BCUT2D eigenvalue weighted by atomic mass is 32.2. The molecule has 0 radical (unpaired) electrons. The first-order valence-electron chi connectivity index (χ1n) is 8.67. The van der Waals surface area contributed by atoms with Crippen molar-refractivity contribution >= 4 is 62.9 Å². The molecular weight excluding hydrogens is 435 g/mol. The first-order valence-corrected chi connectivity index (χ1v) is 12.3. The van der Waals surface area contributed by atoms with E-state index in [0.717, 1.165) is 20.1 Å². The van der Waals surface area contributed by atoms with Gasteiger partial charge in [0, 0.05) is 23.8 Å². The van der Waals surface area contributed by atoms with Crippen LogP contribution >= 0.6 is 46.2 Å². The highest BCUT2D eigenvalue weighted by Gasteiger charge is 2.21. The molecule has 0 spiro atoms. The van der Waals surface area contributed by atoms with Crippen molar-refractivity contribution in [1.29, 1.82) is 0 Å². The number of hydrogen-bond donors (Lipinski definition) is 0. The van der Waals surface area contributed by atoms with Crippen molar-refractivity contribution in [2.45, 2.75) is 41.1 Å². The lowest BCUT2D eigenvalue weighted by molar-refractivity contribution is -0.115. The van der Waals surface area contributed by atoms with E-state index in [1.165, 1.54) is 42.1 Å². The first kappa shape index (κ1) is 21.2. The minimum atomic E-state index is -0.453. The second-order valence-corrected chi connectivity index (χ2v) is 10.1. The van der Waals surface area contributed by atoms with Crippen molar-refractivity contribution in [2.24, 2.45) is 0 Å². The molecule has 0 atom stereocenters. The zero-order valence-electron chi connectivity index (χ0n) is 15.4. The molecule has 0 saturated carbocycles. The fraction of sp³-hybridized carbons (Fsp3) is 0.333. The van der Waals surface area contributed by atoms with Gasteiger partial charge in [0.25, 0.3) is 0 Å². The van der Waals surface area contributed by atoms with Crippen LogP contribution < -0.4 is 4.90 Å². The Bertz CT molecular complexity index is 930. The van der Waals surface area contributed by atoms with Gasteiger partial charge in [-0.1, -0.05) is 60.3 Å². The Hall–Kier alpha value is -1.49. The quantitative estimate of drug-likeness (QED) is 0.292. The van der Waals surface area contributed by atoms with Crippen LogP contribution in [0.2, 0.25) is 0 Å². The van der Waals surface area contributed by atoms with Crippen molar-refractivity contribution in [3.63, 3.8) is 0 Å². The smallest absolute Gasteiger partial charge is 0.230 e. The van der Waals surface area contributed by atoms with Gasteiger partial charge in [0.05, 0.1) is 11.4 Å². The van der Waals surface area contributed by atoms with E-state index in [0.29, 0.717) is 10.9 Å². The first-order chi connectivity index (χ1) is 13.6. The molecule has 10 heteroatoms. The number of para-hydroxylation sites is 1. The molecule has 1 amide bonds. The third kappa shape index (κ3) is 5.53. The van der Waals surface area contributed by atoms with E-state index in [1.54, 1.807) is 53.1 Å². The van der Waals surface area contributed by atoms with Crippen LogP contribution in [0, 0.1) is 5.82 Å². The summed E-state index contributed by atoms with van der Waals surface area (Å²) < 4.78 is 16.0. The fourth-order valence-electron chi connectivity index (χ4n) is 2.26. The molecule has 0 aliphatic heterocycles. The van der Waals surface area contributed by atoms with Crippen LogP contribution in [-0.2, 0) is 10.5 Å². The van der Waals surface area contributed by atoms with E-state index >= 15 is 0 Å². The molecule has 5 nitrogen and oxygen atoms in total. The van der Waals surface area contributed by atoms with Crippen LogP contribution in [0.3, 0.4) is 0 Å². The monoisotopic (exact) mass is 454 g/mol. The third-order valence-electron chi connectivity index (χ3n) is 3.59. The second kappa shape index (κ2) is 10.3. The molecule has 28 heavy (non-hydrogen) atoms. The number of carbonyl (C=O) groups is 1. The summed E-state index contributed by atoms with van der Waals surface area (Å²) in [4.78, 5) is 17.9. The predicted molar refractivity (Wildman–Crippen MR) is 116 cm³/mol. The molecule has 0 N–H and O–H groups in total. The maximum Gasteiger partial charge on any atom is 0.230 e. The van der Waals surface area contributed by atoms with E-state index in [1.807, 2.05) is 5.38 Å². The SMILES string of the molecule is CCCCSc1nnc(SCc2csc(N(C(C)=O)c3ccccc3F)n2)s1. The van der Waals surface area contributed by atoms with Crippen LogP contribution in [0.4, 0.5) is 15.2 Å². The molecular formula is C18H19FN4OS4. The number of amides is 1. The molecule has 0 aliphatic rings. The summed E-state index contributed by atoms with van der Waals surface area (Å²) in [6.45, 7) is 3.57. The van der Waals surface area contributed by atoms with Crippen molar-refractivity contribution in [3.8, 4) is 0 Å². The summed E-state index contributed by atoms with van der Waals surface area (Å²) in [6, 6.07) is 6.20. The Kier molecular flexibility index (Phi) is 7.83. The number of carbonyl (C=O) groups excluding carboxylic acids is 1. The number of rotatable bonds is 9. The van der Waals surface area contributed by atoms with Crippen LogP contribution in [0.25, 0.3) is 0 Å².